The molecule has 10 nitrogen and oxygen atoms in total. The van der Waals surface area contributed by atoms with E-state index in [-0.39, 0.29) is 16.5 Å². The first kappa shape index (κ1) is 17.0. The summed E-state index contributed by atoms with van der Waals surface area (Å²) in [6.07, 6.45) is -2.49. The van der Waals surface area contributed by atoms with Crippen molar-refractivity contribution in [2.75, 3.05) is 5.73 Å². The summed E-state index contributed by atoms with van der Waals surface area (Å²) in [4.78, 5) is 20.5. The van der Waals surface area contributed by atoms with E-state index in [9.17, 15) is 4.79 Å². The van der Waals surface area contributed by atoms with E-state index in [0.717, 1.165) is 21.5 Å². The maximum Gasteiger partial charge on any atom is 0.387 e. The van der Waals surface area contributed by atoms with Crippen LogP contribution in [0, 0.1) is 0 Å². The van der Waals surface area contributed by atoms with Crippen molar-refractivity contribution < 1.29 is 20.1 Å². The number of amides is 1. The number of nitrogens with two attached hydrogens (primary N) is 2. The van der Waals surface area contributed by atoms with E-state index >= 15 is 0 Å². The van der Waals surface area contributed by atoms with E-state index in [2.05, 4.69) is 9.97 Å². The van der Waals surface area contributed by atoms with Gasteiger partial charge in [-0.1, -0.05) is 30.3 Å². The van der Waals surface area contributed by atoms with E-state index in [4.69, 9.17) is 26.9 Å². The third-order valence-electron chi connectivity index (χ3n) is 3.31. The third kappa shape index (κ3) is 3.22. The Hall–Kier alpha value is -2.83. The standard InChI is InChI=1S/C14H14N6O4S/c15-11-10(17-7-19(11)13(21)20(16)14(22,23)24)9-6-25-12(18-9)8-4-2-1-3-5-8/h1-7,22-24H,15-16H2. The van der Waals surface area contributed by atoms with Crippen molar-refractivity contribution in [3.8, 4) is 22.0 Å². The predicted molar refractivity (Wildman–Crippen MR) is 89.4 cm³/mol. The summed E-state index contributed by atoms with van der Waals surface area (Å²) in [6, 6.07) is 8.29. The number of thiazole rings is 1. The molecule has 3 rings (SSSR count). The lowest BCUT2D eigenvalue weighted by molar-refractivity contribution is -0.379. The van der Waals surface area contributed by atoms with Gasteiger partial charge in [0, 0.05) is 10.9 Å². The molecule has 7 N–H and O–H groups in total. The summed E-state index contributed by atoms with van der Waals surface area (Å²) < 4.78 is 0.758. The van der Waals surface area contributed by atoms with Crippen molar-refractivity contribution in [3.05, 3.63) is 42.0 Å². The van der Waals surface area contributed by atoms with E-state index in [1.165, 1.54) is 11.3 Å². The number of hydrogen-bond donors (Lipinski definition) is 5. The van der Waals surface area contributed by atoms with Gasteiger partial charge in [0.05, 0.1) is 0 Å². The summed E-state index contributed by atoms with van der Waals surface area (Å²) in [5.41, 5.74) is 7.47. The van der Waals surface area contributed by atoms with Crippen LogP contribution >= 0.6 is 11.3 Å². The number of aromatic nitrogens is 3. The number of hydrogen-bond acceptors (Lipinski definition) is 9. The fourth-order valence-electron chi connectivity index (χ4n) is 2.05. The minimum Gasteiger partial charge on any atom is -0.383 e. The molecule has 0 saturated heterocycles. The zero-order valence-electron chi connectivity index (χ0n) is 12.6. The number of nitrogens with zero attached hydrogens (tertiary/aromatic N) is 4. The molecule has 0 atom stereocenters. The van der Waals surface area contributed by atoms with Crippen molar-refractivity contribution >= 4 is 23.2 Å². The van der Waals surface area contributed by atoms with Crippen LogP contribution in [0.4, 0.5) is 10.6 Å². The highest BCUT2D eigenvalue weighted by molar-refractivity contribution is 7.13. The monoisotopic (exact) mass is 362 g/mol. The molecule has 0 saturated carbocycles. The van der Waals surface area contributed by atoms with Gasteiger partial charge in [0.1, 0.15) is 28.5 Å². The van der Waals surface area contributed by atoms with Crippen LogP contribution in [0.3, 0.4) is 0 Å². The van der Waals surface area contributed by atoms with Crippen LogP contribution in [0.15, 0.2) is 42.0 Å². The van der Waals surface area contributed by atoms with Gasteiger partial charge in [-0.25, -0.2) is 25.2 Å². The fourth-order valence-corrected chi connectivity index (χ4v) is 2.86. The molecule has 2 heterocycles. The Morgan fingerprint density at radius 1 is 1.24 bits per heavy atom. The molecule has 0 aliphatic rings. The van der Waals surface area contributed by atoms with Crippen LogP contribution in [0.5, 0.6) is 0 Å². The van der Waals surface area contributed by atoms with Crippen LogP contribution in [-0.2, 0) is 0 Å². The molecule has 3 aromatic rings. The second-order valence-electron chi connectivity index (χ2n) is 5.00. The molecule has 2 aromatic heterocycles. The number of benzene rings is 1. The highest BCUT2D eigenvalue weighted by atomic mass is 32.1. The average Bonchev–Trinajstić information content (AvgIpc) is 3.20. The number of imidazole rings is 1. The number of nitrogen functional groups attached to an aromatic ring is 1. The number of hydrazine groups is 1. The van der Waals surface area contributed by atoms with Crippen LogP contribution < -0.4 is 11.6 Å². The maximum atomic E-state index is 12.0. The largest absolute Gasteiger partial charge is 0.387 e. The van der Waals surface area contributed by atoms with Crippen molar-refractivity contribution in [1.29, 1.82) is 0 Å². The minimum atomic E-state index is -3.53. The van der Waals surface area contributed by atoms with Gasteiger partial charge in [0.25, 0.3) is 0 Å². The number of rotatable bonds is 3. The van der Waals surface area contributed by atoms with Crippen LogP contribution in [0.1, 0.15) is 0 Å². The first-order chi connectivity index (χ1) is 11.8. The van der Waals surface area contributed by atoms with Gasteiger partial charge in [-0.15, -0.1) is 11.3 Å². The predicted octanol–water partition coefficient (Wildman–Crippen LogP) is -0.0122. The maximum absolute atomic E-state index is 12.0. The lowest BCUT2D eigenvalue weighted by Gasteiger charge is -2.25. The minimum absolute atomic E-state index is 0.116. The van der Waals surface area contributed by atoms with E-state index in [0.29, 0.717) is 5.69 Å². The number of anilines is 1. The number of aliphatic hydroxyl groups is 3. The van der Waals surface area contributed by atoms with Gasteiger partial charge >= 0.3 is 12.1 Å². The SMILES string of the molecule is Nc1c(-c2csc(-c3ccccc3)n2)ncn1C(=O)N(N)C(O)(O)O. The zero-order chi connectivity index (χ0) is 18.2. The van der Waals surface area contributed by atoms with Crippen molar-refractivity contribution in [2.24, 2.45) is 5.84 Å². The molecular weight excluding hydrogens is 348 g/mol. The molecule has 0 spiro atoms. The van der Waals surface area contributed by atoms with E-state index < -0.39 is 12.1 Å². The molecule has 1 amide bonds. The average molecular weight is 362 g/mol. The second kappa shape index (κ2) is 6.23. The first-order valence-corrected chi connectivity index (χ1v) is 7.77. The molecule has 0 fully saturated rings. The summed E-state index contributed by atoms with van der Waals surface area (Å²) in [5.74, 6) is 5.02. The van der Waals surface area contributed by atoms with Crippen molar-refractivity contribution in [2.45, 2.75) is 6.10 Å². The topological polar surface area (TPSA) is 164 Å². The van der Waals surface area contributed by atoms with Crippen LogP contribution in [-0.4, -0.2) is 47.0 Å². The Bertz CT molecular complexity index is 902. The van der Waals surface area contributed by atoms with Crippen LogP contribution in [0.2, 0.25) is 0 Å². The Balaban J connectivity index is 1.92. The molecule has 11 heteroatoms. The molecule has 0 bridgehead atoms. The molecular formula is C14H14N6O4S. The third-order valence-corrected chi connectivity index (χ3v) is 4.20. The molecule has 0 unspecified atom stereocenters. The Morgan fingerprint density at radius 3 is 2.56 bits per heavy atom. The Kier molecular flexibility index (Phi) is 4.24. The summed E-state index contributed by atoms with van der Waals surface area (Å²) in [5, 5.41) is 29.2. The number of carbonyl (C=O) groups excluding carboxylic acids is 1. The lowest BCUT2D eigenvalue weighted by Crippen LogP contribution is -2.57. The highest BCUT2D eigenvalue weighted by Crippen LogP contribution is 2.30. The van der Waals surface area contributed by atoms with Gasteiger partial charge in [-0.3, -0.25) is 0 Å². The normalized spacial score (nSPS) is 11.5. The van der Waals surface area contributed by atoms with Crippen molar-refractivity contribution in [3.63, 3.8) is 0 Å². The number of carbonyl (C=O) groups is 1. The Labute approximate surface area is 145 Å². The smallest absolute Gasteiger partial charge is 0.383 e. The molecule has 0 aliphatic carbocycles. The summed E-state index contributed by atoms with van der Waals surface area (Å²) in [7, 11) is 0. The van der Waals surface area contributed by atoms with Gasteiger partial charge in [0.15, 0.2) is 0 Å². The zero-order valence-corrected chi connectivity index (χ0v) is 13.5. The Morgan fingerprint density at radius 2 is 1.92 bits per heavy atom. The van der Waals surface area contributed by atoms with Gasteiger partial charge in [-0.05, 0) is 0 Å². The summed E-state index contributed by atoms with van der Waals surface area (Å²) >= 11 is 1.38. The molecule has 25 heavy (non-hydrogen) atoms. The summed E-state index contributed by atoms with van der Waals surface area (Å²) in [6.45, 7) is 0. The molecule has 1 aromatic carbocycles. The molecule has 0 radical (unpaired) electrons. The van der Waals surface area contributed by atoms with Gasteiger partial charge in [0.2, 0.25) is 0 Å². The van der Waals surface area contributed by atoms with Crippen molar-refractivity contribution in [1.82, 2.24) is 19.5 Å². The quantitative estimate of drug-likeness (QED) is 0.188. The fraction of sp³-hybridized carbons (Fsp3) is 0.0714. The molecule has 0 aliphatic heterocycles. The first-order valence-electron chi connectivity index (χ1n) is 6.89. The van der Waals surface area contributed by atoms with Gasteiger partial charge in [-0.2, -0.15) is 5.01 Å². The second-order valence-corrected chi connectivity index (χ2v) is 5.86. The van der Waals surface area contributed by atoms with Crippen LogP contribution in [0.25, 0.3) is 22.0 Å². The lowest BCUT2D eigenvalue weighted by atomic mass is 10.2. The van der Waals surface area contributed by atoms with E-state index in [1.54, 1.807) is 5.38 Å². The van der Waals surface area contributed by atoms with Gasteiger partial charge < -0.3 is 21.1 Å². The molecule has 130 valence electrons. The highest BCUT2D eigenvalue weighted by Gasteiger charge is 2.33. The van der Waals surface area contributed by atoms with E-state index in [1.807, 2.05) is 30.3 Å².